The van der Waals surface area contributed by atoms with E-state index >= 15 is 0 Å². The number of likely N-dealkylation sites (tertiary alicyclic amines) is 1. The van der Waals surface area contributed by atoms with Gasteiger partial charge in [-0.15, -0.1) is 0 Å². The first kappa shape index (κ1) is 18.1. The van der Waals surface area contributed by atoms with E-state index in [2.05, 4.69) is 9.97 Å². The first-order chi connectivity index (χ1) is 12.5. The van der Waals surface area contributed by atoms with Crippen molar-refractivity contribution in [3.63, 3.8) is 0 Å². The van der Waals surface area contributed by atoms with Crippen LogP contribution in [0.15, 0.2) is 29.6 Å². The molecule has 0 bridgehead atoms. The van der Waals surface area contributed by atoms with Crippen LogP contribution in [-0.2, 0) is 6.54 Å². The van der Waals surface area contributed by atoms with Crippen molar-refractivity contribution in [1.82, 2.24) is 19.4 Å². The monoisotopic (exact) mass is 356 g/mol. The molecule has 7 nitrogen and oxygen atoms in total. The molecule has 0 saturated carbocycles. The number of rotatable bonds is 5. The fourth-order valence-corrected chi connectivity index (χ4v) is 3.59. The van der Waals surface area contributed by atoms with E-state index in [4.69, 9.17) is 0 Å². The molecule has 3 heterocycles. The van der Waals surface area contributed by atoms with Crippen LogP contribution in [0.1, 0.15) is 59.0 Å². The van der Waals surface area contributed by atoms with Gasteiger partial charge in [0.05, 0.1) is 6.33 Å². The highest BCUT2D eigenvalue weighted by atomic mass is 16.2. The van der Waals surface area contributed by atoms with Gasteiger partial charge in [-0.2, -0.15) is 0 Å². The van der Waals surface area contributed by atoms with Crippen LogP contribution in [-0.4, -0.2) is 43.7 Å². The SMILES string of the molecule is CC(=O)c1cc(C(=O)N2CCCC[C@H]2CCn2ccnc2)c(=O)[nH]c1C. The number of aryl methyl sites for hydroxylation is 2. The summed E-state index contributed by atoms with van der Waals surface area (Å²) < 4.78 is 1.99. The number of aromatic amines is 1. The normalized spacial score (nSPS) is 17.3. The summed E-state index contributed by atoms with van der Waals surface area (Å²) in [4.78, 5) is 45.6. The number of imidazole rings is 1. The predicted octanol–water partition coefficient (Wildman–Crippen LogP) is 2.17. The molecule has 1 atom stereocenters. The Morgan fingerprint density at radius 2 is 2.12 bits per heavy atom. The van der Waals surface area contributed by atoms with Gasteiger partial charge in [0.15, 0.2) is 5.78 Å². The van der Waals surface area contributed by atoms with Gasteiger partial charge in [-0.25, -0.2) is 4.98 Å². The van der Waals surface area contributed by atoms with Crippen molar-refractivity contribution >= 4 is 11.7 Å². The number of nitrogens with zero attached hydrogens (tertiary/aromatic N) is 3. The van der Waals surface area contributed by atoms with E-state index in [-0.39, 0.29) is 23.3 Å². The number of Topliss-reactive ketones (excluding diaryl/α,β-unsaturated/α-hetero) is 1. The maximum absolute atomic E-state index is 13.1. The number of hydrogen-bond donors (Lipinski definition) is 1. The maximum atomic E-state index is 13.1. The van der Waals surface area contributed by atoms with Gasteiger partial charge in [-0.05, 0) is 45.6 Å². The fraction of sp³-hybridized carbons (Fsp3) is 0.474. The maximum Gasteiger partial charge on any atom is 0.261 e. The Labute approximate surface area is 152 Å². The van der Waals surface area contributed by atoms with Crippen molar-refractivity contribution in [1.29, 1.82) is 0 Å². The molecule has 1 saturated heterocycles. The van der Waals surface area contributed by atoms with Crippen LogP contribution >= 0.6 is 0 Å². The zero-order valence-electron chi connectivity index (χ0n) is 15.2. The van der Waals surface area contributed by atoms with Gasteiger partial charge < -0.3 is 14.5 Å². The minimum Gasteiger partial charge on any atom is -0.337 e. The number of carbonyl (C=O) groups excluding carboxylic acids is 2. The molecular formula is C19H24N4O3. The van der Waals surface area contributed by atoms with Crippen molar-refractivity contribution in [2.75, 3.05) is 6.54 Å². The van der Waals surface area contributed by atoms with Crippen LogP contribution in [0.2, 0.25) is 0 Å². The molecular weight excluding hydrogens is 332 g/mol. The third-order valence-electron chi connectivity index (χ3n) is 5.02. The number of H-pyrrole nitrogens is 1. The lowest BCUT2D eigenvalue weighted by molar-refractivity contribution is 0.0593. The number of hydrogen-bond acceptors (Lipinski definition) is 4. The molecule has 1 N–H and O–H groups in total. The Bertz CT molecular complexity index is 854. The lowest BCUT2D eigenvalue weighted by Gasteiger charge is -2.36. The van der Waals surface area contributed by atoms with Gasteiger partial charge >= 0.3 is 0 Å². The summed E-state index contributed by atoms with van der Waals surface area (Å²) in [5, 5.41) is 0. The fourth-order valence-electron chi connectivity index (χ4n) is 3.59. The first-order valence-electron chi connectivity index (χ1n) is 8.99. The number of aromatic nitrogens is 3. The molecule has 1 amide bonds. The van der Waals surface area contributed by atoms with Crippen molar-refractivity contribution in [2.24, 2.45) is 0 Å². The second kappa shape index (κ2) is 7.68. The average molecular weight is 356 g/mol. The van der Waals surface area contributed by atoms with Crippen LogP contribution in [0.5, 0.6) is 0 Å². The summed E-state index contributed by atoms with van der Waals surface area (Å²) in [6.45, 7) is 4.51. The summed E-state index contributed by atoms with van der Waals surface area (Å²) in [5.74, 6) is -0.452. The Morgan fingerprint density at radius 1 is 1.31 bits per heavy atom. The third kappa shape index (κ3) is 3.76. The lowest BCUT2D eigenvalue weighted by atomic mass is 9.97. The number of pyridine rings is 1. The van der Waals surface area contributed by atoms with Crippen LogP contribution in [0, 0.1) is 6.92 Å². The molecule has 0 radical (unpaired) electrons. The molecule has 0 aromatic carbocycles. The van der Waals surface area contributed by atoms with Gasteiger partial charge in [0.1, 0.15) is 5.56 Å². The molecule has 7 heteroatoms. The molecule has 26 heavy (non-hydrogen) atoms. The average Bonchev–Trinajstić information content (AvgIpc) is 3.13. The Morgan fingerprint density at radius 3 is 2.81 bits per heavy atom. The van der Waals surface area contributed by atoms with Gasteiger partial charge in [-0.3, -0.25) is 14.4 Å². The quantitative estimate of drug-likeness (QED) is 0.832. The zero-order valence-corrected chi connectivity index (χ0v) is 15.2. The molecule has 3 rings (SSSR count). The third-order valence-corrected chi connectivity index (χ3v) is 5.02. The van der Waals surface area contributed by atoms with Gasteiger partial charge in [0.2, 0.25) is 0 Å². The summed E-state index contributed by atoms with van der Waals surface area (Å²) in [7, 11) is 0. The number of amides is 1. The van der Waals surface area contributed by atoms with Crippen LogP contribution < -0.4 is 5.56 Å². The molecule has 0 unspecified atom stereocenters. The van der Waals surface area contributed by atoms with Gasteiger partial charge in [0, 0.05) is 42.8 Å². The minimum absolute atomic E-state index is 0.0512. The topological polar surface area (TPSA) is 88.1 Å². The number of piperidine rings is 1. The lowest BCUT2D eigenvalue weighted by Crippen LogP contribution is -2.45. The van der Waals surface area contributed by atoms with E-state index in [0.29, 0.717) is 17.8 Å². The van der Waals surface area contributed by atoms with Gasteiger partial charge in [0.25, 0.3) is 11.5 Å². The zero-order chi connectivity index (χ0) is 18.7. The Balaban J connectivity index is 1.83. The molecule has 1 aliphatic heterocycles. The highest BCUT2D eigenvalue weighted by molar-refractivity contribution is 6.00. The number of nitrogens with one attached hydrogen (secondary N) is 1. The molecule has 1 aliphatic rings. The van der Waals surface area contributed by atoms with E-state index in [1.807, 2.05) is 10.8 Å². The van der Waals surface area contributed by atoms with Gasteiger partial charge in [-0.1, -0.05) is 0 Å². The van der Waals surface area contributed by atoms with Crippen LogP contribution in [0.3, 0.4) is 0 Å². The van der Waals surface area contributed by atoms with Crippen molar-refractivity contribution in [2.45, 2.75) is 52.1 Å². The van der Waals surface area contributed by atoms with E-state index in [1.54, 1.807) is 24.3 Å². The first-order valence-corrected chi connectivity index (χ1v) is 8.99. The molecule has 2 aromatic rings. The predicted molar refractivity (Wildman–Crippen MR) is 97.3 cm³/mol. The van der Waals surface area contributed by atoms with Crippen LogP contribution in [0.25, 0.3) is 0 Å². The summed E-state index contributed by atoms with van der Waals surface area (Å²) in [6, 6.07) is 1.53. The Hall–Kier alpha value is -2.70. The van der Waals surface area contributed by atoms with Crippen molar-refractivity contribution in [3.05, 3.63) is 52.0 Å². The smallest absolute Gasteiger partial charge is 0.261 e. The second-order valence-electron chi connectivity index (χ2n) is 6.84. The molecule has 1 fully saturated rings. The molecule has 138 valence electrons. The second-order valence-corrected chi connectivity index (χ2v) is 6.84. The highest BCUT2D eigenvalue weighted by Crippen LogP contribution is 2.22. The van der Waals surface area contributed by atoms with E-state index in [9.17, 15) is 14.4 Å². The number of ketones is 1. The van der Waals surface area contributed by atoms with Crippen LogP contribution in [0.4, 0.5) is 0 Å². The minimum atomic E-state index is -0.434. The molecule has 0 spiro atoms. The standard InChI is InChI=1S/C19H24N4O3/c1-13-16(14(2)24)11-17(18(25)21-13)19(26)23-8-4-3-5-15(23)6-9-22-10-7-20-12-22/h7,10-12,15H,3-6,8-9H2,1-2H3,(H,21,25)/t15-/m0/s1. The Kier molecular flexibility index (Phi) is 5.35. The summed E-state index contributed by atoms with van der Waals surface area (Å²) in [6.07, 6.45) is 9.13. The summed E-state index contributed by atoms with van der Waals surface area (Å²) >= 11 is 0. The van der Waals surface area contributed by atoms with E-state index in [1.165, 1.54) is 13.0 Å². The highest BCUT2D eigenvalue weighted by Gasteiger charge is 2.29. The van der Waals surface area contributed by atoms with E-state index in [0.717, 1.165) is 32.2 Å². The molecule has 0 aliphatic carbocycles. The number of carbonyl (C=O) groups is 2. The van der Waals surface area contributed by atoms with Crippen molar-refractivity contribution in [3.8, 4) is 0 Å². The summed E-state index contributed by atoms with van der Waals surface area (Å²) in [5.41, 5.74) is 0.501. The largest absolute Gasteiger partial charge is 0.337 e. The van der Waals surface area contributed by atoms with E-state index < -0.39 is 5.56 Å². The van der Waals surface area contributed by atoms with Crippen molar-refractivity contribution < 1.29 is 9.59 Å². The molecule has 2 aromatic heterocycles.